The Morgan fingerprint density at radius 3 is 2.44 bits per heavy atom. The number of aliphatic hydroxyl groups is 2. The molecule has 2 unspecified atom stereocenters. The molecule has 8 nitrogen and oxygen atoms in total. The molecule has 1 aromatic carbocycles. The second-order valence-corrected chi connectivity index (χ2v) is 9.29. The van der Waals surface area contributed by atoms with Crippen LogP contribution in [0.2, 0.25) is 0 Å². The fraction of sp³-hybridized carbons (Fsp3) is 0.583. The number of amides is 1. The summed E-state index contributed by atoms with van der Waals surface area (Å²) in [7, 11) is 1.54. The summed E-state index contributed by atoms with van der Waals surface area (Å²) in [6.07, 6.45) is -0.254. The average Bonchev–Trinajstić information content (AvgIpc) is 2.67. The van der Waals surface area contributed by atoms with Gasteiger partial charge in [-0.15, -0.1) is 0 Å². The quantitative estimate of drug-likeness (QED) is 0.627. The van der Waals surface area contributed by atoms with E-state index in [2.05, 4.69) is 0 Å². The van der Waals surface area contributed by atoms with Gasteiger partial charge in [0, 0.05) is 24.7 Å². The Kier molecular flexibility index (Phi) is 6.86. The Hall–Kier alpha value is -2.58. The Bertz CT molecular complexity index is 1060. The molecule has 2 heterocycles. The number of hydrogen-bond donors (Lipinski definition) is 2. The first-order chi connectivity index (χ1) is 14.9. The molecule has 0 saturated carbocycles. The number of benzene rings is 1. The van der Waals surface area contributed by atoms with Crippen molar-refractivity contribution in [1.82, 2.24) is 4.90 Å². The van der Waals surface area contributed by atoms with E-state index in [1.807, 2.05) is 19.9 Å². The summed E-state index contributed by atoms with van der Waals surface area (Å²) < 4.78 is 17.4. The molecule has 0 saturated heterocycles. The average molecular weight is 448 g/mol. The van der Waals surface area contributed by atoms with E-state index in [4.69, 9.17) is 13.9 Å². The number of aryl methyl sites for hydroxylation is 2. The van der Waals surface area contributed by atoms with Crippen LogP contribution in [0.15, 0.2) is 15.3 Å². The summed E-state index contributed by atoms with van der Waals surface area (Å²) in [6.45, 7) is 9.05. The largest absolute Gasteiger partial charge is 0.496 e. The van der Waals surface area contributed by atoms with Gasteiger partial charge in [-0.3, -0.25) is 4.79 Å². The van der Waals surface area contributed by atoms with Crippen LogP contribution in [0.25, 0.3) is 11.0 Å². The van der Waals surface area contributed by atoms with Crippen molar-refractivity contribution in [2.24, 2.45) is 0 Å². The van der Waals surface area contributed by atoms with Crippen molar-refractivity contribution >= 4 is 16.9 Å². The molecule has 2 atom stereocenters. The highest BCUT2D eigenvalue weighted by atomic mass is 16.5. The molecule has 1 aliphatic heterocycles. The van der Waals surface area contributed by atoms with Crippen molar-refractivity contribution < 1.29 is 28.9 Å². The van der Waals surface area contributed by atoms with Gasteiger partial charge in [0.1, 0.15) is 22.7 Å². The van der Waals surface area contributed by atoms with E-state index in [1.54, 1.807) is 20.8 Å². The van der Waals surface area contributed by atoms with Gasteiger partial charge in [0.05, 0.1) is 36.7 Å². The number of hydrogen-bond acceptors (Lipinski definition) is 7. The third-order valence-corrected chi connectivity index (χ3v) is 5.81. The van der Waals surface area contributed by atoms with E-state index < -0.39 is 17.8 Å². The van der Waals surface area contributed by atoms with Crippen LogP contribution >= 0.6 is 0 Å². The van der Waals surface area contributed by atoms with Crippen molar-refractivity contribution in [3.63, 3.8) is 0 Å². The van der Waals surface area contributed by atoms with Crippen LogP contribution in [0, 0.1) is 6.92 Å². The maximum Gasteiger partial charge on any atom is 0.340 e. The first-order valence-electron chi connectivity index (χ1n) is 10.9. The molecule has 1 amide bonds. The number of ether oxygens (including phenoxy) is 2. The Balaban J connectivity index is 2.08. The van der Waals surface area contributed by atoms with Crippen molar-refractivity contribution in [3.8, 4) is 11.5 Å². The molecule has 2 aromatic rings. The van der Waals surface area contributed by atoms with Crippen LogP contribution in [0.5, 0.6) is 11.5 Å². The highest BCUT2D eigenvalue weighted by molar-refractivity contribution is 5.93. The summed E-state index contributed by atoms with van der Waals surface area (Å²) >= 11 is 0. The second-order valence-electron chi connectivity index (χ2n) is 9.29. The second kappa shape index (κ2) is 9.11. The SMILES string of the molecule is COc1cc2c(c3oc(=O)c(CC(=O)N(CC(C)O)CC(C)O)c(C)c13)CCC(C)(C)O2. The monoisotopic (exact) mass is 447 g/mol. The molecule has 2 N–H and O–H groups in total. The molecule has 176 valence electrons. The van der Waals surface area contributed by atoms with Crippen molar-refractivity contribution in [2.75, 3.05) is 20.2 Å². The van der Waals surface area contributed by atoms with E-state index in [0.29, 0.717) is 34.5 Å². The maximum atomic E-state index is 13.0. The van der Waals surface area contributed by atoms with Crippen LogP contribution in [0.3, 0.4) is 0 Å². The normalized spacial score (nSPS) is 16.8. The van der Waals surface area contributed by atoms with Gasteiger partial charge in [-0.05, 0) is 53.0 Å². The number of carbonyl (C=O) groups is 1. The minimum Gasteiger partial charge on any atom is -0.496 e. The van der Waals surface area contributed by atoms with E-state index >= 15 is 0 Å². The standard InChI is InChI=1S/C24H33NO7/c1-13(26)11-25(12-14(2)27)20(28)9-17-15(3)21-19(30-6)10-18-16(22(21)31-23(17)29)7-8-24(4,5)32-18/h10,13-14,26-27H,7-9,11-12H2,1-6H3. The molecule has 0 aliphatic carbocycles. The van der Waals surface area contributed by atoms with Gasteiger partial charge in [0.2, 0.25) is 5.91 Å². The molecule has 0 fully saturated rings. The van der Waals surface area contributed by atoms with E-state index in [1.165, 1.54) is 12.0 Å². The minimum atomic E-state index is -0.761. The summed E-state index contributed by atoms with van der Waals surface area (Å²) in [5.74, 6) is 0.775. The first kappa shape index (κ1) is 24.1. The zero-order valence-electron chi connectivity index (χ0n) is 19.7. The zero-order valence-corrected chi connectivity index (χ0v) is 19.7. The summed E-state index contributed by atoms with van der Waals surface area (Å²) in [5.41, 5.74) is 1.19. The fourth-order valence-electron chi connectivity index (χ4n) is 4.23. The van der Waals surface area contributed by atoms with Gasteiger partial charge in [0.15, 0.2) is 0 Å². The van der Waals surface area contributed by atoms with Crippen molar-refractivity contribution in [1.29, 1.82) is 0 Å². The minimum absolute atomic E-state index is 0.0612. The topological polar surface area (TPSA) is 109 Å². The molecule has 8 heteroatoms. The number of fused-ring (bicyclic) bond motifs is 3. The molecule has 1 aromatic heterocycles. The van der Waals surface area contributed by atoms with Gasteiger partial charge in [-0.25, -0.2) is 4.79 Å². The molecular weight excluding hydrogens is 414 g/mol. The summed E-state index contributed by atoms with van der Waals surface area (Å²) in [6, 6.07) is 1.81. The number of aliphatic hydroxyl groups excluding tert-OH is 2. The lowest BCUT2D eigenvalue weighted by Gasteiger charge is -2.33. The van der Waals surface area contributed by atoms with Crippen molar-refractivity contribution in [3.05, 3.63) is 33.2 Å². The van der Waals surface area contributed by atoms with E-state index in [0.717, 1.165) is 12.0 Å². The van der Waals surface area contributed by atoms with Crippen LogP contribution in [0.1, 0.15) is 50.8 Å². The lowest BCUT2D eigenvalue weighted by Crippen LogP contribution is -2.42. The van der Waals surface area contributed by atoms with Gasteiger partial charge in [-0.1, -0.05) is 0 Å². The molecule has 1 aliphatic rings. The molecular formula is C24H33NO7. The van der Waals surface area contributed by atoms with Crippen LogP contribution in [-0.2, 0) is 17.6 Å². The van der Waals surface area contributed by atoms with Gasteiger partial charge in [0.25, 0.3) is 0 Å². The van der Waals surface area contributed by atoms with Gasteiger partial charge in [-0.2, -0.15) is 0 Å². The predicted octanol–water partition coefficient (Wildman–Crippen LogP) is 2.35. The zero-order chi connectivity index (χ0) is 23.8. The summed E-state index contributed by atoms with van der Waals surface area (Å²) in [4.78, 5) is 27.3. The lowest BCUT2D eigenvalue weighted by atomic mass is 9.91. The lowest BCUT2D eigenvalue weighted by molar-refractivity contribution is -0.133. The van der Waals surface area contributed by atoms with Gasteiger partial charge < -0.3 is 29.0 Å². The predicted molar refractivity (Wildman–Crippen MR) is 120 cm³/mol. The maximum absolute atomic E-state index is 13.0. The molecule has 0 bridgehead atoms. The van der Waals surface area contributed by atoms with Crippen LogP contribution in [0.4, 0.5) is 0 Å². The van der Waals surface area contributed by atoms with Crippen LogP contribution in [-0.4, -0.2) is 59.0 Å². The molecule has 0 radical (unpaired) electrons. The highest BCUT2D eigenvalue weighted by Crippen LogP contribution is 2.43. The van der Waals surface area contributed by atoms with Crippen LogP contribution < -0.4 is 15.1 Å². The Morgan fingerprint density at radius 1 is 1.25 bits per heavy atom. The number of rotatable bonds is 7. The number of nitrogens with zero attached hydrogens (tertiary/aromatic N) is 1. The third kappa shape index (κ3) is 4.91. The van der Waals surface area contributed by atoms with E-state index in [-0.39, 0.29) is 36.6 Å². The van der Waals surface area contributed by atoms with Crippen molar-refractivity contribution in [2.45, 2.75) is 71.7 Å². The number of methoxy groups -OCH3 is 1. The molecule has 0 spiro atoms. The van der Waals surface area contributed by atoms with E-state index in [9.17, 15) is 19.8 Å². The Morgan fingerprint density at radius 2 is 1.88 bits per heavy atom. The highest BCUT2D eigenvalue weighted by Gasteiger charge is 2.31. The smallest absolute Gasteiger partial charge is 0.340 e. The van der Waals surface area contributed by atoms with Gasteiger partial charge >= 0.3 is 5.63 Å². The third-order valence-electron chi connectivity index (χ3n) is 5.81. The Labute approximate surface area is 187 Å². The molecule has 32 heavy (non-hydrogen) atoms. The fourth-order valence-corrected chi connectivity index (χ4v) is 4.23. The molecule has 3 rings (SSSR count). The number of carbonyl (C=O) groups excluding carboxylic acids is 1. The first-order valence-corrected chi connectivity index (χ1v) is 10.9. The summed E-state index contributed by atoms with van der Waals surface area (Å²) in [5, 5.41) is 20.1.